The summed E-state index contributed by atoms with van der Waals surface area (Å²) in [4.78, 5) is 0. The number of phenols is 1. The molecule has 2 nitrogen and oxygen atoms in total. The highest BCUT2D eigenvalue weighted by molar-refractivity contribution is 6.35. The van der Waals surface area contributed by atoms with Gasteiger partial charge >= 0.3 is 0 Å². The maximum absolute atomic E-state index is 9.87. The number of hydrogen-bond donors (Lipinski definition) is 2. The molecular formula is C16H23Cl2NO. The molecule has 4 heteroatoms. The lowest BCUT2D eigenvalue weighted by atomic mass is 9.81. The SMILES string of the molecule is CC1CCCC(CCNCc2cc(Cl)cc(Cl)c2O)C1. The summed E-state index contributed by atoms with van der Waals surface area (Å²) >= 11 is 11.9. The molecule has 1 aromatic carbocycles. The summed E-state index contributed by atoms with van der Waals surface area (Å²) in [5.41, 5.74) is 0.763. The molecular weight excluding hydrogens is 293 g/mol. The van der Waals surface area contributed by atoms with Crippen molar-refractivity contribution in [1.82, 2.24) is 5.32 Å². The van der Waals surface area contributed by atoms with Gasteiger partial charge in [-0.1, -0.05) is 49.4 Å². The average Bonchev–Trinajstić information content (AvgIpc) is 2.40. The minimum absolute atomic E-state index is 0.134. The van der Waals surface area contributed by atoms with E-state index in [1.807, 2.05) is 0 Å². The molecule has 0 heterocycles. The van der Waals surface area contributed by atoms with E-state index < -0.39 is 0 Å². The van der Waals surface area contributed by atoms with E-state index in [1.54, 1.807) is 12.1 Å². The van der Waals surface area contributed by atoms with E-state index in [1.165, 1.54) is 32.1 Å². The van der Waals surface area contributed by atoms with Crippen LogP contribution in [0.2, 0.25) is 10.0 Å². The fourth-order valence-electron chi connectivity index (χ4n) is 3.11. The number of halogens is 2. The van der Waals surface area contributed by atoms with Crippen LogP contribution in [0.1, 0.15) is 44.6 Å². The topological polar surface area (TPSA) is 32.3 Å². The Morgan fingerprint density at radius 3 is 2.85 bits per heavy atom. The smallest absolute Gasteiger partial charge is 0.138 e. The molecule has 0 amide bonds. The maximum atomic E-state index is 9.87. The number of rotatable bonds is 5. The molecule has 1 saturated carbocycles. The highest BCUT2D eigenvalue weighted by Crippen LogP contribution is 2.32. The molecule has 0 radical (unpaired) electrons. The largest absolute Gasteiger partial charge is 0.506 e. The third kappa shape index (κ3) is 4.54. The van der Waals surface area contributed by atoms with Crippen LogP contribution in [0.25, 0.3) is 0 Å². The van der Waals surface area contributed by atoms with E-state index in [4.69, 9.17) is 23.2 Å². The van der Waals surface area contributed by atoms with Crippen molar-refractivity contribution in [2.75, 3.05) is 6.54 Å². The van der Waals surface area contributed by atoms with E-state index in [-0.39, 0.29) is 5.75 Å². The summed E-state index contributed by atoms with van der Waals surface area (Å²) in [5.74, 6) is 1.86. The lowest BCUT2D eigenvalue weighted by Crippen LogP contribution is -2.21. The lowest BCUT2D eigenvalue weighted by Gasteiger charge is -2.26. The van der Waals surface area contributed by atoms with Crippen molar-refractivity contribution >= 4 is 23.2 Å². The van der Waals surface area contributed by atoms with Crippen molar-refractivity contribution in [2.24, 2.45) is 11.8 Å². The summed E-state index contributed by atoms with van der Waals surface area (Å²) in [5, 5.41) is 14.1. The first kappa shape index (κ1) is 15.9. The van der Waals surface area contributed by atoms with Gasteiger partial charge in [0.15, 0.2) is 0 Å². The predicted octanol–water partition coefficient (Wildman–Crippen LogP) is 5.01. The van der Waals surface area contributed by atoms with E-state index in [9.17, 15) is 5.11 Å². The number of nitrogens with one attached hydrogen (secondary N) is 1. The lowest BCUT2D eigenvalue weighted by molar-refractivity contribution is 0.267. The Hall–Kier alpha value is -0.440. The molecule has 1 aliphatic carbocycles. The van der Waals surface area contributed by atoms with E-state index in [0.717, 1.165) is 23.9 Å². The minimum atomic E-state index is 0.134. The molecule has 2 atom stereocenters. The van der Waals surface area contributed by atoms with E-state index >= 15 is 0 Å². The van der Waals surface area contributed by atoms with Crippen molar-refractivity contribution in [3.05, 3.63) is 27.7 Å². The third-order valence-electron chi connectivity index (χ3n) is 4.20. The minimum Gasteiger partial charge on any atom is -0.506 e. The van der Waals surface area contributed by atoms with Gasteiger partial charge in [0, 0.05) is 17.1 Å². The highest BCUT2D eigenvalue weighted by atomic mass is 35.5. The second-order valence-corrected chi connectivity index (χ2v) is 6.84. The van der Waals surface area contributed by atoms with Gasteiger partial charge in [0.05, 0.1) is 5.02 Å². The first-order chi connectivity index (χ1) is 9.56. The van der Waals surface area contributed by atoms with E-state index in [2.05, 4.69) is 12.2 Å². The molecule has 112 valence electrons. The molecule has 2 rings (SSSR count). The van der Waals surface area contributed by atoms with Crippen LogP contribution in [0.3, 0.4) is 0 Å². The quantitative estimate of drug-likeness (QED) is 0.749. The Bertz CT molecular complexity index is 450. The average molecular weight is 316 g/mol. The van der Waals surface area contributed by atoms with Gasteiger partial charge in [-0.3, -0.25) is 0 Å². The standard InChI is InChI=1S/C16H23Cl2NO/c1-11-3-2-4-12(7-11)5-6-19-10-13-8-14(17)9-15(18)16(13)20/h8-9,11-12,19-20H,2-7,10H2,1H3. The normalized spacial score (nSPS) is 22.9. The molecule has 0 aromatic heterocycles. The van der Waals surface area contributed by atoms with Crippen LogP contribution in [0.5, 0.6) is 5.75 Å². The van der Waals surface area contributed by atoms with Crippen LogP contribution in [0, 0.1) is 11.8 Å². The first-order valence-electron chi connectivity index (χ1n) is 7.44. The van der Waals surface area contributed by atoms with E-state index in [0.29, 0.717) is 16.6 Å². The van der Waals surface area contributed by atoms with Gasteiger partial charge in [0.2, 0.25) is 0 Å². The van der Waals surface area contributed by atoms with Crippen LogP contribution in [0.4, 0.5) is 0 Å². The molecule has 0 bridgehead atoms. The molecule has 0 saturated heterocycles. The molecule has 1 aliphatic rings. The molecule has 0 aliphatic heterocycles. The van der Waals surface area contributed by atoms with Gasteiger partial charge in [-0.15, -0.1) is 0 Å². The Morgan fingerprint density at radius 1 is 1.30 bits per heavy atom. The summed E-state index contributed by atoms with van der Waals surface area (Å²) in [6.45, 7) is 3.93. The molecule has 0 spiro atoms. The maximum Gasteiger partial charge on any atom is 0.138 e. The fourth-order valence-corrected chi connectivity index (χ4v) is 3.64. The number of phenolic OH excluding ortho intramolecular Hbond substituents is 1. The highest BCUT2D eigenvalue weighted by Gasteiger charge is 2.18. The van der Waals surface area contributed by atoms with Crippen LogP contribution < -0.4 is 5.32 Å². The second-order valence-electron chi connectivity index (χ2n) is 6.00. The number of aromatic hydroxyl groups is 1. The molecule has 2 N–H and O–H groups in total. The van der Waals surface area contributed by atoms with Crippen LogP contribution in [-0.2, 0) is 6.54 Å². The Balaban J connectivity index is 1.76. The molecule has 20 heavy (non-hydrogen) atoms. The summed E-state index contributed by atoms with van der Waals surface area (Å²) in [6, 6.07) is 3.32. The molecule has 1 fully saturated rings. The number of hydrogen-bond acceptors (Lipinski definition) is 2. The Morgan fingerprint density at radius 2 is 2.10 bits per heavy atom. The predicted molar refractivity (Wildman–Crippen MR) is 85.6 cm³/mol. The van der Waals surface area contributed by atoms with Crippen molar-refractivity contribution in [3.63, 3.8) is 0 Å². The van der Waals surface area contributed by atoms with Gasteiger partial charge in [-0.25, -0.2) is 0 Å². The fraction of sp³-hybridized carbons (Fsp3) is 0.625. The number of benzene rings is 1. The zero-order chi connectivity index (χ0) is 14.5. The second kappa shape index (κ2) is 7.53. The van der Waals surface area contributed by atoms with Gasteiger partial charge in [0.25, 0.3) is 0 Å². The summed E-state index contributed by atoms with van der Waals surface area (Å²) in [6.07, 6.45) is 6.69. The van der Waals surface area contributed by atoms with Crippen molar-refractivity contribution in [2.45, 2.75) is 45.6 Å². The van der Waals surface area contributed by atoms with Gasteiger partial charge < -0.3 is 10.4 Å². The molecule has 2 unspecified atom stereocenters. The Kier molecular flexibility index (Phi) is 6.01. The third-order valence-corrected chi connectivity index (χ3v) is 4.70. The molecule has 1 aromatic rings. The first-order valence-corrected chi connectivity index (χ1v) is 8.19. The monoisotopic (exact) mass is 315 g/mol. The zero-order valence-electron chi connectivity index (χ0n) is 12.0. The van der Waals surface area contributed by atoms with Gasteiger partial charge in [-0.2, -0.15) is 0 Å². The van der Waals surface area contributed by atoms with Crippen LogP contribution >= 0.6 is 23.2 Å². The van der Waals surface area contributed by atoms with Gasteiger partial charge in [-0.05, 0) is 43.4 Å². The van der Waals surface area contributed by atoms with Gasteiger partial charge in [0.1, 0.15) is 5.75 Å². The van der Waals surface area contributed by atoms with Crippen molar-refractivity contribution in [3.8, 4) is 5.75 Å². The van der Waals surface area contributed by atoms with Crippen LogP contribution in [-0.4, -0.2) is 11.7 Å². The van der Waals surface area contributed by atoms with Crippen molar-refractivity contribution in [1.29, 1.82) is 0 Å². The van der Waals surface area contributed by atoms with Crippen molar-refractivity contribution < 1.29 is 5.11 Å². The summed E-state index contributed by atoms with van der Waals surface area (Å²) in [7, 11) is 0. The zero-order valence-corrected chi connectivity index (χ0v) is 13.5. The Labute approximate surface area is 131 Å². The van der Waals surface area contributed by atoms with Crippen LogP contribution in [0.15, 0.2) is 12.1 Å². The summed E-state index contributed by atoms with van der Waals surface area (Å²) < 4.78 is 0.